The number of aliphatic hydroxyl groups excluding tert-OH is 1. The zero-order valence-electron chi connectivity index (χ0n) is 54.0. The van der Waals surface area contributed by atoms with Crippen molar-refractivity contribution in [1.29, 1.82) is 0 Å². The van der Waals surface area contributed by atoms with Crippen molar-refractivity contribution in [2.24, 2.45) is 5.92 Å². The van der Waals surface area contributed by atoms with Gasteiger partial charge in [0.05, 0.1) is 26.4 Å². The zero-order chi connectivity index (χ0) is 62.0. The highest BCUT2D eigenvalue weighted by Crippen LogP contribution is 2.45. The van der Waals surface area contributed by atoms with Crippen molar-refractivity contribution in [2.75, 3.05) is 39.6 Å². The monoisotopic (exact) mass is 1240 g/mol. The summed E-state index contributed by atoms with van der Waals surface area (Å²) in [6.07, 6.45) is 43.0. The van der Waals surface area contributed by atoms with Gasteiger partial charge in [-0.1, -0.05) is 279 Å². The maximum atomic E-state index is 13.0. The van der Waals surface area contributed by atoms with Gasteiger partial charge in [0.1, 0.15) is 19.3 Å². The fraction of sp³-hybridized carbons (Fsp3) is 0.938. The normalized spacial score (nSPS) is 14.2. The van der Waals surface area contributed by atoms with Gasteiger partial charge in [-0.25, -0.2) is 9.13 Å². The van der Waals surface area contributed by atoms with Crippen LogP contribution >= 0.6 is 15.6 Å². The van der Waals surface area contributed by atoms with E-state index in [1.54, 1.807) is 0 Å². The third-order valence-corrected chi connectivity index (χ3v) is 16.9. The van der Waals surface area contributed by atoms with Crippen LogP contribution in [0.3, 0.4) is 0 Å². The van der Waals surface area contributed by atoms with E-state index < -0.39 is 97.5 Å². The topological polar surface area (TPSA) is 237 Å². The van der Waals surface area contributed by atoms with Gasteiger partial charge in [0.2, 0.25) is 0 Å². The second kappa shape index (κ2) is 58.7. The summed E-state index contributed by atoms with van der Waals surface area (Å²) < 4.78 is 68.0. The van der Waals surface area contributed by atoms with Crippen LogP contribution in [-0.2, 0) is 65.4 Å². The standard InChI is InChI=1S/C65H126O17P2/c1-6-9-12-15-18-21-22-23-26-30-34-39-44-49-63(68)76-55-61(82-65(70)51-46-41-36-31-27-24-25-29-32-37-42-47-58(4)5)57-80-84(73,74)78-53-59(66)52-77-83(71,72)79-56-60(54-75-62(67)48-43-38-33-20-17-14-11-8-3)81-64(69)50-45-40-35-28-19-16-13-10-7-2/h58-61,66H,6-57H2,1-5H3,(H,71,72)(H,73,74)/t59-,60+,61+/m0/s1. The van der Waals surface area contributed by atoms with Crippen LogP contribution in [-0.4, -0.2) is 96.7 Å². The highest BCUT2D eigenvalue weighted by molar-refractivity contribution is 7.47. The SMILES string of the molecule is CCCCCCCCCCCCCCCC(=O)OC[C@H](COP(=O)(O)OC[C@@H](O)COP(=O)(O)OC[C@@H](COC(=O)CCCCCCCCCC)OC(=O)CCCCCCCCCCC)OC(=O)CCCCCCCCCCCCCC(C)C. The summed E-state index contributed by atoms with van der Waals surface area (Å²) in [7, 11) is -9.88. The highest BCUT2D eigenvalue weighted by Gasteiger charge is 2.30. The molecule has 0 heterocycles. The van der Waals surface area contributed by atoms with Crippen molar-refractivity contribution in [2.45, 2.75) is 348 Å². The lowest BCUT2D eigenvalue weighted by Crippen LogP contribution is -2.30. The van der Waals surface area contributed by atoms with Crippen LogP contribution in [0.5, 0.6) is 0 Å². The smallest absolute Gasteiger partial charge is 0.462 e. The van der Waals surface area contributed by atoms with E-state index in [4.69, 9.17) is 37.0 Å². The van der Waals surface area contributed by atoms with Gasteiger partial charge in [0.25, 0.3) is 0 Å². The summed E-state index contributed by atoms with van der Waals surface area (Å²) in [5.74, 6) is -1.37. The molecule has 0 bridgehead atoms. The van der Waals surface area contributed by atoms with Crippen LogP contribution in [0.15, 0.2) is 0 Å². The molecule has 3 N–H and O–H groups in total. The summed E-state index contributed by atoms with van der Waals surface area (Å²) >= 11 is 0. The van der Waals surface area contributed by atoms with Crippen molar-refractivity contribution in [3.8, 4) is 0 Å². The van der Waals surface area contributed by atoms with E-state index in [2.05, 4.69) is 34.6 Å². The second-order valence-corrected chi connectivity index (χ2v) is 26.9. The molecule has 0 spiro atoms. The number of aliphatic hydroxyl groups is 1. The van der Waals surface area contributed by atoms with Crippen LogP contribution in [0, 0.1) is 5.92 Å². The molecule has 0 aromatic carbocycles. The number of esters is 4. The lowest BCUT2D eigenvalue weighted by Gasteiger charge is -2.21. The fourth-order valence-corrected chi connectivity index (χ4v) is 11.3. The van der Waals surface area contributed by atoms with E-state index in [-0.39, 0.29) is 25.7 Å². The molecule has 498 valence electrons. The van der Waals surface area contributed by atoms with Gasteiger partial charge in [-0.05, 0) is 31.6 Å². The number of carbonyl (C=O) groups excluding carboxylic acids is 4. The highest BCUT2D eigenvalue weighted by atomic mass is 31.2. The Labute approximate surface area is 511 Å². The molecule has 0 amide bonds. The molecule has 84 heavy (non-hydrogen) atoms. The maximum absolute atomic E-state index is 13.0. The number of unbranched alkanes of at least 4 members (excludes halogenated alkanes) is 37. The first kappa shape index (κ1) is 82.1. The molecule has 0 aliphatic carbocycles. The van der Waals surface area contributed by atoms with Crippen LogP contribution in [0.4, 0.5) is 0 Å². The molecule has 0 saturated carbocycles. The summed E-state index contributed by atoms with van der Waals surface area (Å²) in [6, 6.07) is 0. The largest absolute Gasteiger partial charge is 0.472 e. The Morgan fingerprint density at radius 3 is 0.810 bits per heavy atom. The molecule has 0 aliphatic heterocycles. The molecule has 0 aromatic rings. The van der Waals surface area contributed by atoms with Crippen LogP contribution < -0.4 is 0 Å². The average Bonchev–Trinajstić information content (AvgIpc) is 3.47. The van der Waals surface area contributed by atoms with Gasteiger partial charge in [0, 0.05) is 25.7 Å². The molecule has 5 atom stereocenters. The lowest BCUT2D eigenvalue weighted by molar-refractivity contribution is -0.161. The Morgan fingerprint density at radius 1 is 0.321 bits per heavy atom. The van der Waals surface area contributed by atoms with E-state index in [1.807, 2.05) is 0 Å². The van der Waals surface area contributed by atoms with Crippen molar-refractivity contribution < 1.29 is 80.2 Å². The van der Waals surface area contributed by atoms with Crippen LogP contribution in [0.2, 0.25) is 0 Å². The number of rotatable bonds is 65. The fourth-order valence-electron chi connectivity index (χ4n) is 9.76. The predicted molar refractivity (Wildman–Crippen MR) is 335 cm³/mol. The first-order chi connectivity index (χ1) is 40.5. The molecule has 0 rings (SSSR count). The summed E-state index contributed by atoms with van der Waals surface area (Å²) in [5.41, 5.74) is 0. The molecular weight excluding hydrogens is 1110 g/mol. The number of hydrogen-bond donors (Lipinski definition) is 3. The molecule has 0 fully saturated rings. The Bertz CT molecular complexity index is 1640. The van der Waals surface area contributed by atoms with Crippen LogP contribution in [0.1, 0.15) is 330 Å². The van der Waals surface area contributed by atoms with E-state index in [0.29, 0.717) is 25.7 Å². The van der Waals surface area contributed by atoms with Crippen molar-refractivity contribution >= 4 is 39.5 Å². The minimum atomic E-state index is -4.94. The molecule has 17 nitrogen and oxygen atoms in total. The van der Waals surface area contributed by atoms with Crippen molar-refractivity contribution in [1.82, 2.24) is 0 Å². The number of phosphoric ester groups is 2. The Hall–Kier alpha value is -1.94. The van der Waals surface area contributed by atoms with Crippen LogP contribution in [0.25, 0.3) is 0 Å². The Balaban J connectivity index is 5.22. The second-order valence-electron chi connectivity index (χ2n) is 24.0. The number of ether oxygens (including phenoxy) is 4. The first-order valence-electron chi connectivity index (χ1n) is 34.1. The van der Waals surface area contributed by atoms with Gasteiger partial charge in [0.15, 0.2) is 12.2 Å². The number of hydrogen-bond acceptors (Lipinski definition) is 15. The van der Waals surface area contributed by atoms with E-state index in [0.717, 1.165) is 102 Å². The zero-order valence-corrected chi connectivity index (χ0v) is 55.8. The molecule has 0 radical (unpaired) electrons. The van der Waals surface area contributed by atoms with Gasteiger partial charge in [-0.15, -0.1) is 0 Å². The van der Waals surface area contributed by atoms with E-state index in [1.165, 1.54) is 148 Å². The quantitative estimate of drug-likeness (QED) is 0.0222. The molecule has 0 saturated heterocycles. The van der Waals surface area contributed by atoms with Crippen molar-refractivity contribution in [3.63, 3.8) is 0 Å². The summed E-state index contributed by atoms with van der Waals surface area (Å²) in [6.45, 7) is 7.17. The third kappa shape index (κ3) is 59.0. The van der Waals surface area contributed by atoms with Gasteiger partial charge in [-0.2, -0.15) is 0 Å². The Morgan fingerprint density at radius 2 is 0.548 bits per heavy atom. The van der Waals surface area contributed by atoms with E-state index in [9.17, 15) is 43.2 Å². The van der Waals surface area contributed by atoms with Gasteiger partial charge < -0.3 is 33.8 Å². The predicted octanol–water partition coefficient (Wildman–Crippen LogP) is 18.2. The number of phosphoric acid groups is 2. The van der Waals surface area contributed by atoms with Gasteiger partial charge in [-0.3, -0.25) is 37.3 Å². The summed E-state index contributed by atoms with van der Waals surface area (Å²) in [5, 5.41) is 10.5. The van der Waals surface area contributed by atoms with Gasteiger partial charge >= 0.3 is 39.5 Å². The minimum absolute atomic E-state index is 0.106. The van der Waals surface area contributed by atoms with Crippen molar-refractivity contribution in [3.05, 3.63) is 0 Å². The number of carbonyl (C=O) groups is 4. The lowest BCUT2D eigenvalue weighted by atomic mass is 10.0. The first-order valence-corrected chi connectivity index (χ1v) is 37.1. The molecule has 19 heteroatoms. The van der Waals surface area contributed by atoms with E-state index >= 15 is 0 Å². The minimum Gasteiger partial charge on any atom is -0.462 e. The Kier molecular flexibility index (Phi) is 57.4. The molecule has 0 aromatic heterocycles. The molecular formula is C65H126O17P2. The molecule has 0 aliphatic rings. The third-order valence-electron chi connectivity index (χ3n) is 15.0. The summed E-state index contributed by atoms with van der Waals surface area (Å²) in [4.78, 5) is 72.2. The maximum Gasteiger partial charge on any atom is 0.472 e. The molecule has 2 unspecified atom stereocenters. The average molecular weight is 1240 g/mol.